The van der Waals surface area contributed by atoms with Gasteiger partial charge in [-0.05, 0) is 18.8 Å². The molecule has 0 spiro atoms. The van der Waals surface area contributed by atoms with Crippen LogP contribution in [-0.4, -0.2) is 23.8 Å². The minimum Gasteiger partial charge on any atom is -0.395 e. The summed E-state index contributed by atoms with van der Waals surface area (Å²) in [5.74, 6) is 0.698. The van der Waals surface area contributed by atoms with Crippen molar-refractivity contribution in [3.63, 3.8) is 0 Å². The van der Waals surface area contributed by atoms with Gasteiger partial charge < -0.3 is 10.4 Å². The largest absolute Gasteiger partial charge is 0.395 e. The molecule has 1 rings (SSSR count). The van der Waals surface area contributed by atoms with E-state index in [0.29, 0.717) is 24.6 Å². The Labute approximate surface area is 69.0 Å². The Hall–Kier alpha value is -0.0800. The Kier molecular flexibility index (Phi) is 3.34. The molecule has 1 aliphatic heterocycles. The molecule has 0 bridgehead atoms. The fourth-order valence-corrected chi connectivity index (χ4v) is 1.72. The van der Waals surface area contributed by atoms with Gasteiger partial charge in [0.05, 0.1) is 6.61 Å². The van der Waals surface area contributed by atoms with Gasteiger partial charge in [-0.1, -0.05) is 20.3 Å². The van der Waals surface area contributed by atoms with Crippen molar-refractivity contribution in [3.8, 4) is 0 Å². The quantitative estimate of drug-likeness (QED) is 0.630. The Balaban J connectivity index is 2.33. The van der Waals surface area contributed by atoms with E-state index >= 15 is 0 Å². The summed E-state index contributed by atoms with van der Waals surface area (Å²) >= 11 is 0. The van der Waals surface area contributed by atoms with Crippen molar-refractivity contribution in [2.45, 2.75) is 45.2 Å². The Morgan fingerprint density at radius 2 is 2.18 bits per heavy atom. The van der Waals surface area contributed by atoms with Gasteiger partial charge in [0.25, 0.3) is 0 Å². The molecule has 2 unspecified atom stereocenters. The van der Waals surface area contributed by atoms with E-state index in [0.717, 1.165) is 6.42 Å². The number of hydrogen-bond donors (Lipinski definition) is 2. The van der Waals surface area contributed by atoms with E-state index in [1.54, 1.807) is 0 Å². The molecule has 2 heteroatoms. The maximum absolute atomic E-state index is 8.93. The fraction of sp³-hybridized carbons (Fsp3) is 1.00. The maximum Gasteiger partial charge on any atom is 0.0584 e. The zero-order chi connectivity index (χ0) is 8.27. The molecule has 0 aliphatic carbocycles. The van der Waals surface area contributed by atoms with Crippen LogP contribution in [0.1, 0.15) is 33.1 Å². The molecule has 11 heavy (non-hydrogen) atoms. The number of nitrogens with one attached hydrogen (secondary N) is 1. The summed E-state index contributed by atoms with van der Waals surface area (Å²) in [6, 6.07) is 0.983. The summed E-state index contributed by atoms with van der Waals surface area (Å²) in [5.41, 5.74) is 0. The standard InChI is InChI=1S/C9H19NO/c1-7(2)9-5-3-4-8(6-11)10-9/h7-11H,3-6H2,1-2H3. The summed E-state index contributed by atoms with van der Waals surface area (Å²) in [6.45, 7) is 4.76. The number of piperidine rings is 1. The highest BCUT2D eigenvalue weighted by Gasteiger charge is 2.21. The highest BCUT2D eigenvalue weighted by molar-refractivity contribution is 4.81. The van der Waals surface area contributed by atoms with Crippen LogP contribution in [0.25, 0.3) is 0 Å². The van der Waals surface area contributed by atoms with Crippen LogP contribution < -0.4 is 5.32 Å². The summed E-state index contributed by atoms with van der Waals surface area (Å²) < 4.78 is 0. The van der Waals surface area contributed by atoms with Crippen LogP contribution >= 0.6 is 0 Å². The second kappa shape index (κ2) is 4.07. The van der Waals surface area contributed by atoms with Gasteiger partial charge in [-0.3, -0.25) is 0 Å². The fourth-order valence-electron chi connectivity index (χ4n) is 1.72. The molecule has 0 saturated carbocycles. The molecule has 1 fully saturated rings. The molecule has 0 amide bonds. The second-order valence-corrected chi connectivity index (χ2v) is 3.83. The van der Waals surface area contributed by atoms with Crippen LogP contribution in [0.2, 0.25) is 0 Å². The van der Waals surface area contributed by atoms with Crippen molar-refractivity contribution in [2.75, 3.05) is 6.61 Å². The van der Waals surface area contributed by atoms with Crippen molar-refractivity contribution in [3.05, 3.63) is 0 Å². The Morgan fingerprint density at radius 3 is 2.73 bits per heavy atom. The first-order valence-corrected chi connectivity index (χ1v) is 4.61. The van der Waals surface area contributed by atoms with Crippen LogP contribution in [0.4, 0.5) is 0 Å². The van der Waals surface area contributed by atoms with E-state index in [1.807, 2.05) is 0 Å². The third-order valence-corrected chi connectivity index (χ3v) is 2.54. The van der Waals surface area contributed by atoms with Crippen LogP contribution in [0, 0.1) is 5.92 Å². The van der Waals surface area contributed by atoms with E-state index in [2.05, 4.69) is 19.2 Å². The first-order valence-electron chi connectivity index (χ1n) is 4.61. The third kappa shape index (κ3) is 2.46. The van der Waals surface area contributed by atoms with E-state index in [-0.39, 0.29) is 0 Å². The maximum atomic E-state index is 8.93. The number of rotatable bonds is 2. The smallest absolute Gasteiger partial charge is 0.0584 e. The molecule has 0 aromatic heterocycles. The van der Waals surface area contributed by atoms with Crippen molar-refractivity contribution >= 4 is 0 Å². The van der Waals surface area contributed by atoms with Crippen molar-refractivity contribution < 1.29 is 5.11 Å². The minimum atomic E-state index is 0.295. The van der Waals surface area contributed by atoms with Gasteiger partial charge in [0.1, 0.15) is 0 Å². The van der Waals surface area contributed by atoms with Gasteiger partial charge in [0.15, 0.2) is 0 Å². The monoisotopic (exact) mass is 157 g/mol. The molecule has 2 nitrogen and oxygen atoms in total. The van der Waals surface area contributed by atoms with Crippen LogP contribution in [0.3, 0.4) is 0 Å². The molecule has 1 saturated heterocycles. The molecular weight excluding hydrogens is 138 g/mol. The average Bonchev–Trinajstić information content (AvgIpc) is 2.05. The molecule has 2 atom stereocenters. The van der Waals surface area contributed by atoms with Crippen molar-refractivity contribution in [2.24, 2.45) is 5.92 Å². The molecule has 66 valence electrons. The van der Waals surface area contributed by atoms with Crippen molar-refractivity contribution in [1.82, 2.24) is 5.32 Å². The molecule has 1 heterocycles. The lowest BCUT2D eigenvalue weighted by Crippen LogP contribution is -2.46. The number of hydrogen-bond acceptors (Lipinski definition) is 2. The van der Waals surface area contributed by atoms with Crippen LogP contribution in [0.15, 0.2) is 0 Å². The molecule has 2 N–H and O–H groups in total. The first kappa shape index (κ1) is 9.01. The lowest BCUT2D eigenvalue weighted by atomic mass is 9.92. The predicted octanol–water partition coefficient (Wildman–Crippen LogP) is 1.15. The SMILES string of the molecule is CC(C)C1CCCC(CO)N1. The van der Waals surface area contributed by atoms with Crippen LogP contribution in [0.5, 0.6) is 0 Å². The molecule has 0 aromatic rings. The van der Waals surface area contributed by atoms with E-state index in [9.17, 15) is 0 Å². The van der Waals surface area contributed by atoms with E-state index in [1.165, 1.54) is 12.8 Å². The minimum absolute atomic E-state index is 0.295. The topological polar surface area (TPSA) is 32.3 Å². The highest BCUT2D eigenvalue weighted by Crippen LogP contribution is 2.17. The molecule has 0 radical (unpaired) electrons. The van der Waals surface area contributed by atoms with Crippen LogP contribution in [-0.2, 0) is 0 Å². The summed E-state index contributed by atoms with van der Waals surface area (Å²) in [5, 5.41) is 12.4. The third-order valence-electron chi connectivity index (χ3n) is 2.54. The highest BCUT2D eigenvalue weighted by atomic mass is 16.3. The Bertz CT molecular complexity index is 114. The van der Waals surface area contributed by atoms with Gasteiger partial charge in [-0.2, -0.15) is 0 Å². The van der Waals surface area contributed by atoms with Crippen molar-refractivity contribution in [1.29, 1.82) is 0 Å². The molecule has 0 aromatic carbocycles. The average molecular weight is 157 g/mol. The number of aliphatic hydroxyl groups is 1. The molecular formula is C9H19NO. The zero-order valence-corrected chi connectivity index (χ0v) is 7.51. The van der Waals surface area contributed by atoms with Gasteiger partial charge in [-0.25, -0.2) is 0 Å². The predicted molar refractivity (Wildman–Crippen MR) is 46.5 cm³/mol. The lowest BCUT2D eigenvalue weighted by molar-refractivity contribution is 0.181. The first-order chi connectivity index (χ1) is 5.24. The van der Waals surface area contributed by atoms with Gasteiger partial charge in [0.2, 0.25) is 0 Å². The lowest BCUT2D eigenvalue weighted by Gasteiger charge is -2.32. The van der Waals surface area contributed by atoms with E-state index in [4.69, 9.17) is 5.11 Å². The molecule has 1 aliphatic rings. The Morgan fingerprint density at radius 1 is 1.45 bits per heavy atom. The number of aliphatic hydroxyl groups excluding tert-OH is 1. The summed E-state index contributed by atoms with van der Waals surface area (Å²) in [4.78, 5) is 0. The normalized spacial score (nSPS) is 32.7. The van der Waals surface area contributed by atoms with E-state index < -0.39 is 0 Å². The van der Waals surface area contributed by atoms with Gasteiger partial charge in [0, 0.05) is 12.1 Å². The summed E-state index contributed by atoms with van der Waals surface area (Å²) in [6.07, 6.45) is 3.68. The summed E-state index contributed by atoms with van der Waals surface area (Å²) in [7, 11) is 0. The second-order valence-electron chi connectivity index (χ2n) is 3.83. The van der Waals surface area contributed by atoms with Gasteiger partial charge in [-0.15, -0.1) is 0 Å². The van der Waals surface area contributed by atoms with Gasteiger partial charge >= 0.3 is 0 Å². The zero-order valence-electron chi connectivity index (χ0n) is 7.51.